The number of phenolic OH excluding ortho intramolecular Hbond substituents is 1. The molecule has 0 bridgehead atoms. The summed E-state index contributed by atoms with van der Waals surface area (Å²) < 4.78 is 32.9. The van der Waals surface area contributed by atoms with Crippen molar-refractivity contribution < 1.29 is 58.6 Å². The van der Waals surface area contributed by atoms with E-state index in [1.807, 2.05) is 0 Å². The predicted octanol–water partition coefficient (Wildman–Crippen LogP) is 1.74. The number of rotatable bonds is 7. The number of aromatic carboxylic acids is 1. The molecule has 308 valence electrons. The molecule has 4 aliphatic rings. The van der Waals surface area contributed by atoms with Gasteiger partial charge in [0.2, 0.25) is 11.2 Å². The average Bonchev–Trinajstić information content (AvgIpc) is 3.15. The molecule has 18 heteroatoms. The van der Waals surface area contributed by atoms with Crippen LogP contribution in [0, 0.1) is 23.5 Å². The third-order valence-corrected chi connectivity index (χ3v) is 12.3. The fourth-order valence-electron chi connectivity index (χ4n) is 9.35. The first-order valence-corrected chi connectivity index (χ1v) is 18.6. The Morgan fingerprint density at radius 1 is 1.07 bits per heavy atom. The van der Waals surface area contributed by atoms with Gasteiger partial charge in [0.1, 0.15) is 39.9 Å². The standard InChI is InChI=1S/C40H43F2N5O11/c1-6-45-15-19(38(55)56)32(49)18-12-23(41)31(28(42)29(18)45)46-10-11-47(17(2)14-46)16-43-37(54)27-34(51)30(44(4)5)22-13-21-26(35(52)40(22,58)36(27)53)33(50)25-20(39(21,3)57)8-7-9-24(25)48/h7-9,12,15,17,21-22,30,48,50,53,57-58H,6,10-11,13-14,16H2,1-5H3,(H,43,54)(H,55,56)/t17?,21?,22?,30-,39+,40-/m0/s1. The maximum absolute atomic E-state index is 16.1. The zero-order valence-corrected chi connectivity index (χ0v) is 32.2. The fraction of sp³-hybridized carbons (Fsp3) is 0.425. The topological polar surface area (TPSA) is 233 Å². The second kappa shape index (κ2) is 14.0. The van der Waals surface area contributed by atoms with Gasteiger partial charge in [-0.1, -0.05) is 12.1 Å². The molecular formula is C40H43F2N5O11. The van der Waals surface area contributed by atoms with Crippen molar-refractivity contribution in [3.63, 3.8) is 0 Å². The van der Waals surface area contributed by atoms with E-state index in [2.05, 4.69) is 5.32 Å². The number of amides is 1. The van der Waals surface area contributed by atoms with Gasteiger partial charge in [0.05, 0.1) is 34.8 Å². The number of nitrogens with zero attached hydrogens (tertiary/aromatic N) is 4. The van der Waals surface area contributed by atoms with Crippen molar-refractivity contribution in [2.45, 2.75) is 57.0 Å². The highest BCUT2D eigenvalue weighted by atomic mass is 19.1. The summed E-state index contributed by atoms with van der Waals surface area (Å²) in [5, 5.41) is 69.1. The molecule has 1 saturated carbocycles. The minimum absolute atomic E-state index is 0.0204. The second-order valence-electron chi connectivity index (χ2n) is 15.7. The van der Waals surface area contributed by atoms with Crippen LogP contribution in [0.3, 0.4) is 0 Å². The number of carbonyl (C=O) groups is 4. The Balaban J connectivity index is 1.16. The van der Waals surface area contributed by atoms with Crippen LogP contribution in [0.15, 0.2) is 52.2 Å². The van der Waals surface area contributed by atoms with Crippen molar-refractivity contribution >= 4 is 45.8 Å². The number of phenols is 1. The van der Waals surface area contributed by atoms with E-state index in [9.17, 15) is 54.6 Å². The molecule has 1 aromatic heterocycles. The van der Waals surface area contributed by atoms with Gasteiger partial charge in [-0.05, 0) is 59.0 Å². The molecule has 1 aliphatic heterocycles. The number of hydrogen-bond acceptors (Lipinski definition) is 13. The average molecular weight is 808 g/mol. The lowest BCUT2D eigenvalue weighted by Crippen LogP contribution is -2.67. The summed E-state index contributed by atoms with van der Waals surface area (Å²) in [7, 11) is 2.97. The van der Waals surface area contributed by atoms with Crippen LogP contribution in [0.25, 0.3) is 16.7 Å². The molecule has 3 aliphatic carbocycles. The van der Waals surface area contributed by atoms with Gasteiger partial charge in [-0.25, -0.2) is 13.6 Å². The van der Waals surface area contributed by atoms with Crippen molar-refractivity contribution in [1.82, 2.24) is 19.7 Å². The van der Waals surface area contributed by atoms with Crippen LogP contribution in [-0.2, 0) is 26.5 Å². The van der Waals surface area contributed by atoms with Gasteiger partial charge < -0.3 is 45.4 Å². The maximum Gasteiger partial charge on any atom is 0.341 e. The van der Waals surface area contributed by atoms with Gasteiger partial charge in [0.15, 0.2) is 17.2 Å². The van der Waals surface area contributed by atoms with Crippen molar-refractivity contribution in [2.75, 3.05) is 45.3 Å². The molecular weight excluding hydrogens is 764 g/mol. The van der Waals surface area contributed by atoms with Gasteiger partial charge in [-0.15, -0.1) is 0 Å². The second-order valence-corrected chi connectivity index (χ2v) is 15.7. The molecule has 1 saturated heterocycles. The number of anilines is 1. The van der Waals surface area contributed by atoms with Crippen LogP contribution in [0.1, 0.15) is 48.7 Å². The van der Waals surface area contributed by atoms with Crippen LogP contribution in [-0.4, -0.2) is 127 Å². The Hall–Kier alpha value is -5.69. The summed E-state index contributed by atoms with van der Waals surface area (Å²) in [6.07, 6.45) is 0.718. The molecule has 2 aromatic carbocycles. The van der Waals surface area contributed by atoms with E-state index in [1.54, 1.807) is 18.7 Å². The van der Waals surface area contributed by atoms with Crippen LogP contribution in [0.2, 0.25) is 0 Å². The number of aromatic hydroxyl groups is 1. The summed E-state index contributed by atoms with van der Waals surface area (Å²) in [4.78, 5) is 71.3. The van der Waals surface area contributed by atoms with E-state index < -0.39 is 121 Å². The summed E-state index contributed by atoms with van der Waals surface area (Å²) in [6.45, 7) is 4.70. The maximum atomic E-state index is 16.1. The quantitative estimate of drug-likeness (QED) is 0.169. The van der Waals surface area contributed by atoms with Crippen molar-refractivity contribution in [3.8, 4) is 5.75 Å². The smallest absolute Gasteiger partial charge is 0.341 e. The van der Waals surface area contributed by atoms with Crippen molar-refractivity contribution in [2.24, 2.45) is 11.8 Å². The molecule has 16 nitrogen and oxygen atoms in total. The Morgan fingerprint density at radius 3 is 2.38 bits per heavy atom. The number of Topliss-reactive ketones (excluding diaryl/α,β-unsaturated/α-hetero) is 2. The number of halogens is 2. The minimum Gasteiger partial charge on any atom is -0.508 e. The molecule has 58 heavy (non-hydrogen) atoms. The third kappa shape index (κ3) is 5.71. The SMILES string of the molecule is CCn1cc(C(=O)O)c(=O)c2cc(F)c(N3CCN(CNC(=O)C4=C(O)[C@@]5(O)C(=O)C6=C(O)c7c(O)cccc7[C@@](C)(O)C6CC5[C@H](N(C)C)C4=O)C(C)C3)c(F)c21. The van der Waals surface area contributed by atoms with E-state index in [4.69, 9.17) is 0 Å². The van der Waals surface area contributed by atoms with E-state index in [-0.39, 0.29) is 55.9 Å². The van der Waals surface area contributed by atoms with E-state index in [0.29, 0.717) is 0 Å². The number of aryl methyl sites for hydroxylation is 1. The van der Waals surface area contributed by atoms with Gasteiger partial charge in [-0.3, -0.25) is 29.0 Å². The zero-order valence-electron chi connectivity index (χ0n) is 32.2. The first-order valence-electron chi connectivity index (χ1n) is 18.6. The van der Waals surface area contributed by atoms with Gasteiger partial charge in [0.25, 0.3) is 5.91 Å². The number of carbonyl (C=O) groups excluding carboxylic acids is 3. The summed E-state index contributed by atoms with van der Waals surface area (Å²) in [5.41, 5.74) is -8.61. The molecule has 0 spiro atoms. The van der Waals surface area contributed by atoms with Crippen molar-refractivity contribution in [1.29, 1.82) is 0 Å². The number of likely N-dealkylation sites (N-methyl/N-ethyl adjacent to an activating group) is 1. The number of fused-ring (bicyclic) bond motifs is 4. The van der Waals surface area contributed by atoms with Crippen LogP contribution in [0.5, 0.6) is 5.75 Å². The molecule has 6 atom stereocenters. The van der Waals surface area contributed by atoms with Gasteiger partial charge >= 0.3 is 5.97 Å². The van der Waals surface area contributed by atoms with Gasteiger partial charge in [0, 0.05) is 55.8 Å². The number of aromatic nitrogens is 1. The number of aliphatic hydroxyl groups is 4. The molecule has 0 radical (unpaired) electrons. The number of nitrogens with one attached hydrogen (secondary N) is 1. The first-order chi connectivity index (χ1) is 27.2. The van der Waals surface area contributed by atoms with Crippen LogP contribution in [0.4, 0.5) is 14.5 Å². The number of carboxylic acids is 1. The highest BCUT2D eigenvalue weighted by molar-refractivity contribution is 6.25. The first kappa shape index (κ1) is 40.5. The fourth-order valence-corrected chi connectivity index (χ4v) is 9.35. The van der Waals surface area contributed by atoms with Crippen LogP contribution < -0.4 is 15.6 Å². The monoisotopic (exact) mass is 807 g/mol. The molecule has 7 rings (SSSR count). The number of carboxylic acid groups (broad SMARTS) is 1. The number of piperazine rings is 1. The Kier molecular flexibility index (Phi) is 9.78. The molecule has 3 unspecified atom stereocenters. The lowest BCUT2D eigenvalue weighted by molar-refractivity contribution is -0.159. The highest BCUT2D eigenvalue weighted by Crippen LogP contribution is 2.57. The molecule has 2 heterocycles. The largest absolute Gasteiger partial charge is 0.508 e. The van der Waals surface area contributed by atoms with E-state index in [1.165, 1.54) is 53.6 Å². The lowest BCUT2D eigenvalue weighted by atomic mass is 9.54. The Bertz CT molecular complexity index is 2460. The highest BCUT2D eigenvalue weighted by Gasteiger charge is 2.66. The molecule has 3 aromatic rings. The summed E-state index contributed by atoms with van der Waals surface area (Å²) >= 11 is 0. The number of ketones is 2. The van der Waals surface area contributed by atoms with Gasteiger partial charge in [-0.2, -0.15) is 0 Å². The molecule has 7 N–H and O–H groups in total. The van der Waals surface area contributed by atoms with E-state index in [0.717, 1.165) is 12.3 Å². The Morgan fingerprint density at radius 2 is 1.76 bits per heavy atom. The number of hydrogen-bond donors (Lipinski definition) is 7. The normalized spacial score (nSPS) is 27.5. The third-order valence-electron chi connectivity index (χ3n) is 12.3. The summed E-state index contributed by atoms with van der Waals surface area (Å²) in [5.74, 6) is -11.9. The molecule has 1 amide bonds. The van der Waals surface area contributed by atoms with E-state index >= 15 is 8.78 Å². The number of benzene rings is 2. The number of aliphatic hydroxyl groups excluding tert-OH is 2. The number of pyridine rings is 1. The molecule has 2 fully saturated rings. The van der Waals surface area contributed by atoms with Crippen LogP contribution >= 0.6 is 0 Å². The lowest BCUT2D eigenvalue weighted by Gasteiger charge is -2.53. The predicted molar refractivity (Wildman–Crippen MR) is 203 cm³/mol. The van der Waals surface area contributed by atoms with Crippen molar-refractivity contribution in [3.05, 3.63) is 85.9 Å². The minimum atomic E-state index is -2.90. The Labute approximate surface area is 329 Å². The summed E-state index contributed by atoms with van der Waals surface area (Å²) in [6, 6.07) is 3.13. The zero-order chi connectivity index (χ0) is 42.5.